The molecule has 4 aromatic rings. The molecule has 0 atom stereocenters. The molecular formula is C26H23ClN4O2S. The lowest BCUT2D eigenvalue weighted by atomic mass is 10.0. The summed E-state index contributed by atoms with van der Waals surface area (Å²) in [5.74, 6) is 1.34. The van der Waals surface area contributed by atoms with Crippen LogP contribution in [0.5, 0.6) is 5.75 Å². The molecular weight excluding hydrogens is 468 g/mol. The van der Waals surface area contributed by atoms with Gasteiger partial charge in [-0.2, -0.15) is 0 Å². The van der Waals surface area contributed by atoms with Gasteiger partial charge in [0.2, 0.25) is 11.9 Å². The largest absolute Gasteiger partial charge is 0.495 e. The summed E-state index contributed by atoms with van der Waals surface area (Å²) in [7, 11) is 1.55. The molecule has 0 fully saturated rings. The Kier molecular flexibility index (Phi) is 6.56. The molecule has 3 aromatic carbocycles. The number of rotatable bonds is 6. The molecule has 1 amide bonds. The summed E-state index contributed by atoms with van der Waals surface area (Å²) in [6.45, 7) is 1.63. The smallest absolute Gasteiger partial charge is 0.234 e. The van der Waals surface area contributed by atoms with Gasteiger partial charge >= 0.3 is 0 Å². The third-order valence-electron chi connectivity index (χ3n) is 5.75. The molecule has 6 nitrogen and oxygen atoms in total. The Bertz CT molecular complexity index is 1360. The monoisotopic (exact) mass is 490 g/mol. The minimum atomic E-state index is -0.137. The zero-order valence-electron chi connectivity index (χ0n) is 18.6. The summed E-state index contributed by atoms with van der Waals surface area (Å²) >= 11 is 7.58. The van der Waals surface area contributed by atoms with E-state index in [0.717, 1.165) is 35.4 Å². The first-order valence-electron chi connectivity index (χ1n) is 11.0. The molecule has 1 aliphatic rings. The molecule has 1 aromatic heterocycles. The van der Waals surface area contributed by atoms with Crippen molar-refractivity contribution in [1.82, 2.24) is 9.97 Å². The Labute approximate surface area is 207 Å². The van der Waals surface area contributed by atoms with Gasteiger partial charge in [-0.3, -0.25) is 4.79 Å². The number of ether oxygens (including phenoxy) is 1. The molecule has 0 saturated heterocycles. The van der Waals surface area contributed by atoms with Crippen molar-refractivity contribution in [2.45, 2.75) is 18.0 Å². The first kappa shape index (κ1) is 22.5. The molecule has 0 unspecified atom stereocenters. The lowest BCUT2D eigenvalue weighted by Crippen LogP contribution is -2.31. The molecule has 0 bridgehead atoms. The topological polar surface area (TPSA) is 67.3 Å². The highest BCUT2D eigenvalue weighted by Gasteiger charge is 2.20. The number of hydrogen-bond donors (Lipinski definition) is 1. The molecule has 34 heavy (non-hydrogen) atoms. The second-order valence-corrected chi connectivity index (χ2v) is 9.34. The van der Waals surface area contributed by atoms with E-state index in [4.69, 9.17) is 26.3 Å². The molecule has 172 valence electrons. The van der Waals surface area contributed by atoms with E-state index in [0.29, 0.717) is 22.4 Å². The van der Waals surface area contributed by atoms with Crippen molar-refractivity contribution in [1.29, 1.82) is 0 Å². The summed E-state index contributed by atoms with van der Waals surface area (Å²) in [6.07, 6.45) is 0.960. The van der Waals surface area contributed by atoms with Crippen LogP contribution in [0.25, 0.3) is 10.9 Å². The van der Waals surface area contributed by atoms with Crippen LogP contribution in [-0.2, 0) is 17.8 Å². The van der Waals surface area contributed by atoms with Gasteiger partial charge in [-0.05, 0) is 41.8 Å². The lowest BCUT2D eigenvalue weighted by Gasteiger charge is -2.29. The summed E-state index contributed by atoms with van der Waals surface area (Å²) in [6, 6.07) is 21.6. The summed E-state index contributed by atoms with van der Waals surface area (Å²) in [5, 5.41) is 5.07. The number of thioether (sulfide) groups is 1. The second kappa shape index (κ2) is 9.91. The minimum Gasteiger partial charge on any atom is -0.495 e. The average molecular weight is 491 g/mol. The van der Waals surface area contributed by atoms with E-state index < -0.39 is 0 Å². The van der Waals surface area contributed by atoms with Crippen molar-refractivity contribution >= 4 is 51.8 Å². The molecule has 0 aliphatic carbocycles. The molecule has 0 saturated carbocycles. The Morgan fingerprint density at radius 2 is 1.88 bits per heavy atom. The molecule has 1 aliphatic heterocycles. The zero-order chi connectivity index (χ0) is 23.5. The predicted molar refractivity (Wildman–Crippen MR) is 138 cm³/mol. The quantitative estimate of drug-likeness (QED) is 0.281. The van der Waals surface area contributed by atoms with Crippen molar-refractivity contribution in [2.24, 2.45) is 0 Å². The number of nitrogens with one attached hydrogen (secondary N) is 1. The second-order valence-electron chi connectivity index (χ2n) is 7.97. The van der Waals surface area contributed by atoms with Crippen LogP contribution in [0.2, 0.25) is 5.02 Å². The fraction of sp³-hybridized carbons (Fsp3) is 0.192. The third-order valence-corrected chi connectivity index (χ3v) is 7.03. The first-order valence-corrected chi connectivity index (χ1v) is 12.3. The van der Waals surface area contributed by atoms with Gasteiger partial charge in [0.05, 0.1) is 23.4 Å². The number of fused-ring (bicyclic) bond motifs is 2. The van der Waals surface area contributed by atoms with Crippen LogP contribution in [0.15, 0.2) is 71.8 Å². The van der Waals surface area contributed by atoms with Crippen LogP contribution in [0, 0.1) is 0 Å². The molecule has 0 spiro atoms. The van der Waals surface area contributed by atoms with Gasteiger partial charge in [0, 0.05) is 24.2 Å². The van der Waals surface area contributed by atoms with E-state index in [1.54, 1.807) is 25.3 Å². The summed E-state index contributed by atoms with van der Waals surface area (Å²) in [5.41, 5.74) is 4.18. The van der Waals surface area contributed by atoms with Gasteiger partial charge in [-0.15, -0.1) is 0 Å². The maximum absolute atomic E-state index is 12.7. The van der Waals surface area contributed by atoms with Crippen LogP contribution in [0.3, 0.4) is 0 Å². The highest BCUT2D eigenvalue weighted by atomic mass is 35.5. The van der Waals surface area contributed by atoms with Crippen LogP contribution in [-0.4, -0.2) is 35.3 Å². The van der Waals surface area contributed by atoms with Gasteiger partial charge in [-0.25, -0.2) is 9.97 Å². The Hall–Kier alpha value is -3.29. The maximum atomic E-state index is 12.7. The third kappa shape index (κ3) is 4.81. The fourth-order valence-corrected chi connectivity index (χ4v) is 5.10. The SMILES string of the molecule is COc1ccc(NC(=O)CSc2nc(N3CCc4ccccc4C3)nc3ccccc23)cc1Cl. The number of benzene rings is 3. The maximum Gasteiger partial charge on any atom is 0.234 e. The van der Waals surface area contributed by atoms with Gasteiger partial charge in [0.15, 0.2) is 0 Å². The van der Waals surface area contributed by atoms with Crippen LogP contribution >= 0.6 is 23.4 Å². The average Bonchev–Trinajstić information content (AvgIpc) is 2.87. The van der Waals surface area contributed by atoms with Crippen molar-refractivity contribution in [2.75, 3.05) is 29.6 Å². The zero-order valence-corrected chi connectivity index (χ0v) is 20.2. The lowest BCUT2D eigenvalue weighted by molar-refractivity contribution is -0.113. The number of carbonyl (C=O) groups is 1. The number of methoxy groups -OCH3 is 1. The highest BCUT2D eigenvalue weighted by Crippen LogP contribution is 2.31. The first-order chi connectivity index (χ1) is 16.6. The Morgan fingerprint density at radius 1 is 1.09 bits per heavy atom. The fourth-order valence-electron chi connectivity index (χ4n) is 4.03. The van der Waals surface area contributed by atoms with Crippen LogP contribution in [0.4, 0.5) is 11.6 Å². The Balaban J connectivity index is 1.34. The normalized spacial score (nSPS) is 12.9. The van der Waals surface area contributed by atoms with Crippen LogP contribution in [0.1, 0.15) is 11.1 Å². The predicted octanol–water partition coefficient (Wildman–Crippen LogP) is 5.59. The minimum absolute atomic E-state index is 0.137. The van der Waals surface area contributed by atoms with E-state index >= 15 is 0 Å². The van der Waals surface area contributed by atoms with Crippen molar-refractivity contribution < 1.29 is 9.53 Å². The van der Waals surface area contributed by atoms with Crippen molar-refractivity contribution in [3.63, 3.8) is 0 Å². The van der Waals surface area contributed by atoms with Gasteiger partial charge in [-0.1, -0.05) is 65.8 Å². The standard InChI is InChI=1S/C26H23ClN4O2S/c1-33-23-11-10-19(14-21(23)27)28-24(32)16-34-25-20-8-4-5-9-22(20)29-26(30-25)31-13-12-17-6-2-3-7-18(17)15-31/h2-11,14H,12-13,15-16H2,1H3,(H,28,32). The number of amides is 1. The van der Waals surface area contributed by atoms with Crippen molar-refractivity contribution in [3.8, 4) is 5.75 Å². The van der Waals surface area contributed by atoms with Gasteiger partial charge < -0.3 is 15.0 Å². The van der Waals surface area contributed by atoms with E-state index in [1.807, 2.05) is 24.3 Å². The van der Waals surface area contributed by atoms with E-state index in [-0.39, 0.29) is 11.7 Å². The van der Waals surface area contributed by atoms with Crippen LogP contribution < -0.4 is 15.0 Å². The molecule has 1 N–H and O–H groups in total. The Morgan fingerprint density at radius 3 is 2.71 bits per heavy atom. The molecule has 0 radical (unpaired) electrons. The molecule has 8 heteroatoms. The number of aromatic nitrogens is 2. The number of hydrogen-bond acceptors (Lipinski definition) is 6. The number of halogens is 1. The number of carbonyl (C=O) groups excluding carboxylic acids is 1. The van der Waals surface area contributed by atoms with Crippen molar-refractivity contribution in [3.05, 3.63) is 82.9 Å². The molecule has 2 heterocycles. The highest BCUT2D eigenvalue weighted by molar-refractivity contribution is 8.00. The molecule has 5 rings (SSSR count). The van der Waals surface area contributed by atoms with E-state index in [1.165, 1.54) is 22.9 Å². The van der Waals surface area contributed by atoms with E-state index in [9.17, 15) is 4.79 Å². The summed E-state index contributed by atoms with van der Waals surface area (Å²) < 4.78 is 5.16. The number of nitrogens with zero attached hydrogens (tertiary/aromatic N) is 3. The van der Waals surface area contributed by atoms with Gasteiger partial charge in [0.1, 0.15) is 10.8 Å². The number of para-hydroxylation sites is 1. The number of anilines is 2. The van der Waals surface area contributed by atoms with E-state index in [2.05, 4.69) is 34.5 Å². The van der Waals surface area contributed by atoms with Gasteiger partial charge in [0.25, 0.3) is 0 Å². The summed E-state index contributed by atoms with van der Waals surface area (Å²) in [4.78, 5) is 24.6.